The standard InChI is InChI=1S/C22H20ClN3O/c1-27-16-7-8-17-18-9-10-24-22(21(18)25-19(17)13-16)26-11-3-6-20(26)14-4-2-5-15(23)12-14/h2,4-5,7-10,12-13,20,25H,3,6,11H2,1H3. The lowest BCUT2D eigenvalue weighted by Gasteiger charge is -2.26. The fourth-order valence-corrected chi connectivity index (χ4v) is 4.42. The third-order valence-electron chi connectivity index (χ3n) is 5.47. The summed E-state index contributed by atoms with van der Waals surface area (Å²) in [5, 5.41) is 3.16. The van der Waals surface area contributed by atoms with Gasteiger partial charge in [0.1, 0.15) is 5.75 Å². The molecule has 0 saturated carbocycles. The largest absolute Gasteiger partial charge is 0.497 e. The maximum Gasteiger partial charge on any atom is 0.153 e. The predicted molar refractivity (Wildman–Crippen MR) is 111 cm³/mol. The number of anilines is 1. The highest BCUT2D eigenvalue weighted by Gasteiger charge is 2.29. The molecule has 4 nitrogen and oxygen atoms in total. The van der Waals surface area contributed by atoms with Crippen molar-refractivity contribution in [1.82, 2.24) is 9.97 Å². The van der Waals surface area contributed by atoms with Crippen LogP contribution in [0.25, 0.3) is 21.8 Å². The van der Waals surface area contributed by atoms with Gasteiger partial charge >= 0.3 is 0 Å². The van der Waals surface area contributed by atoms with E-state index in [1.165, 1.54) is 16.3 Å². The molecule has 4 aromatic rings. The van der Waals surface area contributed by atoms with Crippen molar-refractivity contribution in [2.75, 3.05) is 18.6 Å². The second-order valence-corrected chi connectivity index (χ2v) is 7.44. The fraction of sp³-hybridized carbons (Fsp3) is 0.227. The number of hydrogen-bond donors (Lipinski definition) is 1. The first-order chi connectivity index (χ1) is 13.2. The zero-order chi connectivity index (χ0) is 18.4. The maximum atomic E-state index is 6.24. The number of aromatic nitrogens is 2. The van der Waals surface area contributed by atoms with Crippen LogP contribution in [0, 0.1) is 0 Å². The summed E-state index contributed by atoms with van der Waals surface area (Å²) in [6, 6.07) is 16.7. The van der Waals surface area contributed by atoms with Crippen molar-refractivity contribution < 1.29 is 4.74 Å². The average Bonchev–Trinajstić information content (AvgIpc) is 3.31. The van der Waals surface area contributed by atoms with Crippen molar-refractivity contribution >= 4 is 39.2 Å². The lowest BCUT2D eigenvalue weighted by Crippen LogP contribution is -2.23. The van der Waals surface area contributed by atoms with Gasteiger partial charge in [-0.05, 0) is 48.7 Å². The molecule has 0 bridgehead atoms. The molecule has 2 aromatic heterocycles. The molecule has 0 amide bonds. The molecular formula is C22H20ClN3O. The number of rotatable bonds is 3. The molecule has 136 valence electrons. The molecule has 1 aliphatic heterocycles. The number of nitrogens with one attached hydrogen (secondary N) is 1. The first-order valence-corrected chi connectivity index (χ1v) is 9.59. The van der Waals surface area contributed by atoms with Crippen LogP contribution in [-0.2, 0) is 0 Å². The number of ether oxygens (including phenoxy) is 1. The highest BCUT2D eigenvalue weighted by molar-refractivity contribution is 6.30. The number of H-pyrrole nitrogens is 1. The monoisotopic (exact) mass is 377 g/mol. The molecular weight excluding hydrogens is 358 g/mol. The third kappa shape index (κ3) is 2.72. The van der Waals surface area contributed by atoms with Gasteiger partial charge in [0, 0.05) is 34.6 Å². The summed E-state index contributed by atoms with van der Waals surface area (Å²) in [5.41, 5.74) is 3.39. The number of fused-ring (bicyclic) bond motifs is 3. The Hall–Kier alpha value is -2.72. The van der Waals surface area contributed by atoms with Crippen molar-refractivity contribution in [1.29, 1.82) is 0 Å². The first-order valence-electron chi connectivity index (χ1n) is 9.21. The normalized spacial score (nSPS) is 17.1. The van der Waals surface area contributed by atoms with Crippen LogP contribution in [0.3, 0.4) is 0 Å². The Kier molecular flexibility index (Phi) is 3.94. The van der Waals surface area contributed by atoms with Gasteiger partial charge in [-0.15, -0.1) is 0 Å². The van der Waals surface area contributed by atoms with E-state index in [-0.39, 0.29) is 0 Å². The van der Waals surface area contributed by atoms with Crippen LogP contribution in [0.5, 0.6) is 5.75 Å². The van der Waals surface area contributed by atoms with E-state index < -0.39 is 0 Å². The van der Waals surface area contributed by atoms with Gasteiger partial charge in [0.25, 0.3) is 0 Å². The van der Waals surface area contributed by atoms with Gasteiger partial charge in [0.2, 0.25) is 0 Å². The fourth-order valence-electron chi connectivity index (χ4n) is 4.22. The number of halogens is 1. The Labute approximate surface area is 162 Å². The highest BCUT2D eigenvalue weighted by atomic mass is 35.5. The molecule has 5 heteroatoms. The van der Waals surface area contributed by atoms with Gasteiger partial charge in [0.15, 0.2) is 5.82 Å². The average molecular weight is 378 g/mol. The number of hydrogen-bond acceptors (Lipinski definition) is 3. The van der Waals surface area contributed by atoms with Gasteiger partial charge in [-0.1, -0.05) is 23.7 Å². The van der Waals surface area contributed by atoms with Crippen LogP contribution in [0.2, 0.25) is 5.02 Å². The summed E-state index contributed by atoms with van der Waals surface area (Å²) in [6.07, 6.45) is 4.15. The van der Waals surface area contributed by atoms with Crippen molar-refractivity contribution in [3.8, 4) is 5.75 Å². The summed E-state index contributed by atoms with van der Waals surface area (Å²) in [6.45, 7) is 0.988. The topological polar surface area (TPSA) is 41.1 Å². The maximum absolute atomic E-state index is 6.24. The number of aromatic amines is 1. The minimum absolute atomic E-state index is 0.294. The molecule has 2 aromatic carbocycles. The highest BCUT2D eigenvalue weighted by Crippen LogP contribution is 2.40. The summed E-state index contributed by atoms with van der Waals surface area (Å²) in [4.78, 5) is 10.7. The van der Waals surface area contributed by atoms with E-state index >= 15 is 0 Å². The Balaban J connectivity index is 1.65. The Morgan fingerprint density at radius 2 is 2.07 bits per heavy atom. The zero-order valence-electron chi connectivity index (χ0n) is 15.1. The molecule has 0 radical (unpaired) electrons. The van der Waals surface area contributed by atoms with Crippen LogP contribution in [0.4, 0.5) is 5.82 Å². The van der Waals surface area contributed by atoms with E-state index in [1.807, 2.05) is 30.5 Å². The SMILES string of the molecule is COc1ccc2c(c1)[nH]c1c(N3CCCC3c3cccc(Cl)c3)nccc12. The Morgan fingerprint density at radius 3 is 2.93 bits per heavy atom. The smallest absolute Gasteiger partial charge is 0.153 e. The molecule has 0 spiro atoms. The number of nitrogens with zero attached hydrogens (tertiary/aromatic N) is 2. The second-order valence-electron chi connectivity index (χ2n) is 7.00. The summed E-state index contributed by atoms with van der Waals surface area (Å²) in [7, 11) is 1.69. The van der Waals surface area contributed by atoms with Gasteiger partial charge < -0.3 is 14.6 Å². The second kappa shape index (κ2) is 6.46. The van der Waals surface area contributed by atoms with E-state index in [2.05, 4.69) is 34.1 Å². The molecule has 0 aliphatic carbocycles. The van der Waals surface area contributed by atoms with Crippen LogP contribution in [-0.4, -0.2) is 23.6 Å². The Morgan fingerprint density at radius 1 is 1.15 bits per heavy atom. The molecule has 1 atom stereocenters. The molecule has 3 heterocycles. The molecule has 1 fully saturated rings. The van der Waals surface area contributed by atoms with E-state index in [9.17, 15) is 0 Å². The van der Waals surface area contributed by atoms with Gasteiger partial charge in [0.05, 0.1) is 24.2 Å². The van der Waals surface area contributed by atoms with Crippen molar-refractivity contribution in [3.63, 3.8) is 0 Å². The zero-order valence-corrected chi connectivity index (χ0v) is 15.8. The minimum atomic E-state index is 0.294. The van der Waals surface area contributed by atoms with E-state index in [1.54, 1.807) is 7.11 Å². The van der Waals surface area contributed by atoms with Gasteiger partial charge in [-0.2, -0.15) is 0 Å². The molecule has 27 heavy (non-hydrogen) atoms. The summed E-state index contributed by atoms with van der Waals surface area (Å²) < 4.78 is 5.38. The molecule has 1 saturated heterocycles. The van der Waals surface area contributed by atoms with Crippen molar-refractivity contribution in [3.05, 3.63) is 65.3 Å². The van der Waals surface area contributed by atoms with E-state index in [0.717, 1.165) is 47.0 Å². The van der Waals surface area contributed by atoms with E-state index in [4.69, 9.17) is 21.3 Å². The number of benzene rings is 2. The van der Waals surface area contributed by atoms with Gasteiger partial charge in [-0.3, -0.25) is 0 Å². The molecule has 5 rings (SSSR count). The van der Waals surface area contributed by atoms with Crippen LogP contribution in [0.15, 0.2) is 54.7 Å². The van der Waals surface area contributed by atoms with E-state index in [0.29, 0.717) is 6.04 Å². The van der Waals surface area contributed by atoms with Crippen molar-refractivity contribution in [2.24, 2.45) is 0 Å². The van der Waals surface area contributed by atoms with Gasteiger partial charge in [-0.25, -0.2) is 4.98 Å². The van der Waals surface area contributed by atoms with Crippen molar-refractivity contribution in [2.45, 2.75) is 18.9 Å². The minimum Gasteiger partial charge on any atom is -0.497 e. The van der Waals surface area contributed by atoms with Crippen LogP contribution < -0.4 is 9.64 Å². The summed E-state index contributed by atoms with van der Waals surface area (Å²) in [5.74, 6) is 1.85. The Bertz CT molecular complexity index is 1140. The first kappa shape index (κ1) is 16.5. The number of pyridine rings is 1. The third-order valence-corrected chi connectivity index (χ3v) is 5.70. The molecule has 1 aliphatic rings. The lowest BCUT2D eigenvalue weighted by molar-refractivity contribution is 0.415. The molecule has 1 N–H and O–H groups in total. The lowest BCUT2D eigenvalue weighted by atomic mass is 10.0. The van der Waals surface area contributed by atoms with Crippen LogP contribution >= 0.6 is 11.6 Å². The summed E-state index contributed by atoms with van der Waals surface area (Å²) >= 11 is 6.24. The van der Waals surface area contributed by atoms with Crippen LogP contribution in [0.1, 0.15) is 24.4 Å². The predicted octanol–water partition coefficient (Wildman–Crippen LogP) is 5.72. The number of methoxy groups -OCH3 is 1. The molecule has 1 unspecified atom stereocenters. The quantitative estimate of drug-likeness (QED) is 0.496.